The van der Waals surface area contributed by atoms with Crippen LogP contribution in [0.1, 0.15) is 19.4 Å². The summed E-state index contributed by atoms with van der Waals surface area (Å²) in [6.45, 7) is 3.41. The third kappa shape index (κ3) is 4.16. The Hall–Kier alpha value is -3.14. The van der Waals surface area contributed by atoms with Crippen molar-refractivity contribution < 1.29 is 18.0 Å². The molecule has 11 heteroatoms. The highest BCUT2D eigenvalue weighted by Gasteiger charge is 2.30. The molecule has 1 amide bonds. The van der Waals surface area contributed by atoms with Crippen LogP contribution in [0.3, 0.4) is 0 Å². The van der Waals surface area contributed by atoms with E-state index in [4.69, 9.17) is 11.6 Å². The first-order valence-electron chi connectivity index (χ1n) is 8.40. The molecule has 29 heavy (non-hydrogen) atoms. The van der Waals surface area contributed by atoms with Crippen LogP contribution < -0.4 is 11.0 Å². The van der Waals surface area contributed by atoms with Gasteiger partial charge in [-0.1, -0.05) is 11.6 Å². The molecule has 0 bridgehead atoms. The standard InChI is InChI=1S/C18H15ClF3N5O2/c1-10(2)24-16(28)27-17(29)26(12-5-3-11(4-6-12)18(20,21)22)15(25-27)13-7-8-23-9-14(13)19/h3-10H,1-2H3,(H,24,28). The normalized spacial score (nSPS) is 11.7. The van der Waals surface area contributed by atoms with Crippen molar-refractivity contribution in [2.24, 2.45) is 0 Å². The number of nitrogens with zero attached hydrogens (tertiary/aromatic N) is 4. The number of halogens is 4. The number of carbonyl (C=O) groups is 1. The van der Waals surface area contributed by atoms with E-state index < -0.39 is 23.5 Å². The molecule has 3 rings (SSSR count). The van der Waals surface area contributed by atoms with Gasteiger partial charge in [-0.2, -0.15) is 13.2 Å². The van der Waals surface area contributed by atoms with Gasteiger partial charge in [0.2, 0.25) is 0 Å². The van der Waals surface area contributed by atoms with Crippen LogP contribution in [0.15, 0.2) is 47.5 Å². The van der Waals surface area contributed by atoms with Crippen LogP contribution in [0.25, 0.3) is 17.1 Å². The zero-order valence-electron chi connectivity index (χ0n) is 15.2. The van der Waals surface area contributed by atoms with Crippen molar-refractivity contribution in [3.63, 3.8) is 0 Å². The lowest BCUT2D eigenvalue weighted by atomic mass is 10.2. The number of rotatable bonds is 3. The molecule has 1 N–H and O–H groups in total. The molecule has 0 aliphatic heterocycles. The summed E-state index contributed by atoms with van der Waals surface area (Å²) in [7, 11) is 0. The highest BCUT2D eigenvalue weighted by molar-refractivity contribution is 6.33. The van der Waals surface area contributed by atoms with Gasteiger partial charge >= 0.3 is 17.9 Å². The number of hydrogen-bond acceptors (Lipinski definition) is 4. The average molecular weight is 426 g/mol. The lowest BCUT2D eigenvalue weighted by Gasteiger charge is -2.09. The van der Waals surface area contributed by atoms with E-state index in [1.807, 2.05) is 0 Å². The number of benzene rings is 1. The zero-order valence-corrected chi connectivity index (χ0v) is 16.0. The van der Waals surface area contributed by atoms with Gasteiger partial charge in [0.05, 0.1) is 16.3 Å². The third-order valence-electron chi connectivity index (χ3n) is 3.85. The Balaban J connectivity index is 2.22. The van der Waals surface area contributed by atoms with Gasteiger partial charge < -0.3 is 5.32 Å². The average Bonchev–Trinajstić information content (AvgIpc) is 2.98. The van der Waals surface area contributed by atoms with Gasteiger partial charge in [0, 0.05) is 24.0 Å². The lowest BCUT2D eigenvalue weighted by Crippen LogP contribution is -2.40. The molecule has 0 radical (unpaired) electrons. The van der Waals surface area contributed by atoms with Crippen LogP contribution >= 0.6 is 11.6 Å². The predicted molar refractivity (Wildman–Crippen MR) is 100 cm³/mol. The van der Waals surface area contributed by atoms with Crippen molar-refractivity contribution in [3.8, 4) is 17.1 Å². The maximum atomic E-state index is 12.9. The first-order valence-corrected chi connectivity index (χ1v) is 8.78. The van der Waals surface area contributed by atoms with E-state index in [1.54, 1.807) is 13.8 Å². The summed E-state index contributed by atoms with van der Waals surface area (Å²) in [5.41, 5.74) is -1.35. The summed E-state index contributed by atoms with van der Waals surface area (Å²) in [5, 5.41) is 6.76. The quantitative estimate of drug-likeness (QED) is 0.693. The Bertz CT molecular complexity index is 1100. The number of amides is 1. The Labute approximate surface area is 167 Å². The summed E-state index contributed by atoms with van der Waals surface area (Å²) in [4.78, 5) is 29.1. The molecule has 1 aromatic carbocycles. The molecule has 0 saturated heterocycles. The lowest BCUT2D eigenvalue weighted by molar-refractivity contribution is -0.137. The molecule has 0 saturated carbocycles. The van der Waals surface area contributed by atoms with Crippen LogP contribution in [0.5, 0.6) is 0 Å². The largest absolute Gasteiger partial charge is 0.416 e. The maximum absolute atomic E-state index is 12.9. The third-order valence-corrected chi connectivity index (χ3v) is 4.15. The molecule has 0 spiro atoms. The van der Waals surface area contributed by atoms with Crippen LogP contribution in [0.4, 0.5) is 18.0 Å². The van der Waals surface area contributed by atoms with E-state index in [0.29, 0.717) is 4.68 Å². The van der Waals surface area contributed by atoms with Crippen molar-refractivity contribution in [3.05, 3.63) is 63.8 Å². The fraction of sp³-hybridized carbons (Fsp3) is 0.222. The molecule has 3 aromatic rings. The first-order chi connectivity index (χ1) is 13.6. The molecule has 152 valence electrons. The van der Waals surface area contributed by atoms with E-state index in [-0.39, 0.29) is 28.1 Å². The van der Waals surface area contributed by atoms with Gasteiger partial charge in [0.25, 0.3) is 0 Å². The minimum atomic E-state index is -4.53. The minimum absolute atomic E-state index is 0.0129. The molecular formula is C18H15ClF3N5O2. The molecule has 0 aliphatic rings. The molecule has 0 atom stereocenters. The second-order valence-electron chi connectivity index (χ2n) is 6.36. The topological polar surface area (TPSA) is 81.8 Å². The van der Waals surface area contributed by atoms with Gasteiger partial charge in [-0.3, -0.25) is 4.98 Å². The Morgan fingerprint density at radius 3 is 2.38 bits per heavy atom. The molecule has 0 fully saturated rings. The van der Waals surface area contributed by atoms with Crippen molar-refractivity contribution in [1.29, 1.82) is 0 Å². The van der Waals surface area contributed by atoms with Gasteiger partial charge in [0.15, 0.2) is 5.82 Å². The highest BCUT2D eigenvalue weighted by atomic mass is 35.5. The highest BCUT2D eigenvalue weighted by Crippen LogP contribution is 2.31. The van der Waals surface area contributed by atoms with E-state index in [1.165, 1.54) is 18.5 Å². The summed E-state index contributed by atoms with van der Waals surface area (Å²) in [5.74, 6) is -0.0129. The van der Waals surface area contributed by atoms with Crippen LogP contribution in [0.2, 0.25) is 5.02 Å². The second kappa shape index (κ2) is 7.70. The number of carbonyl (C=O) groups excluding carboxylic acids is 1. The molecule has 7 nitrogen and oxygen atoms in total. The van der Waals surface area contributed by atoms with Crippen LogP contribution in [-0.2, 0) is 6.18 Å². The zero-order chi connectivity index (χ0) is 21.3. The SMILES string of the molecule is CC(C)NC(=O)n1nc(-c2ccncc2Cl)n(-c2ccc(C(F)(F)F)cc2)c1=O. The summed E-state index contributed by atoms with van der Waals surface area (Å²) in [6, 6.07) is 4.36. The van der Waals surface area contributed by atoms with E-state index in [0.717, 1.165) is 28.8 Å². The van der Waals surface area contributed by atoms with E-state index in [9.17, 15) is 22.8 Å². The van der Waals surface area contributed by atoms with Crippen molar-refractivity contribution in [2.75, 3.05) is 0 Å². The van der Waals surface area contributed by atoms with Crippen molar-refractivity contribution in [1.82, 2.24) is 24.6 Å². The van der Waals surface area contributed by atoms with E-state index in [2.05, 4.69) is 15.4 Å². The molecule has 0 unspecified atom stereocenters. The Morgan fingerprint density at radius 1 is 1.17 bits per heavy atom. The fourth-order valence-electron chi connectivity index (χ4n) is 2.57. The summed E-state index contributed by atoms with van der Waals surface area (Å²) >= 11 is 6.15. The minimum Gasteiger partial charge on any atom is -0.334 e. The predicted octanol–water partition coefficient (Wildman–Crippen LogP) is 3.73. The molecule has 2 heterocycles. The Morgan fingerprint density at radius 2 is 1.83 bits per heavy atom. The molecule has 2 aromatic heterocycles. The summed E-state index contributed by atoms with van der Waals surface area (Å²) < 4.78 is 40.2. The summed E-state index contributed by atoms with van der Waals surface area (Å²) in [6.07, 6.45) is -1.79. The van der Waals surface area contributed by atoms with Crippen molar-refractivity contribution >= 4 is 17.6 Å². The number of nitrogens with one attached hydrogen (secondary N) is 1. The van der Waals surface area contributed by atoms with Gasteiger partial charge in [0.1, 0.15) is 0 Å². The van der Waals surface area contributed by atoms with E-state index >= 15 is 0 Å². The monoisotopic (exact) mass is 425 g/mol. The first kappa shape index (κ1) is 20.6. The van der Waals surface area contributed by atoms with Gasteiger partial charge in [-0.15, -0.1) is 9.78 Å². The van der Waals surface area contributed by atoms with Gasteiger partial charge in [-0.25, -0.2) is 14.2 Å². The van der Waals surface area contributed by atoms with Crippen LogP contribution in [0, 0.1) is 0 Å². The maximum Gasteiger partial charge on any atom is 0.416 e. The van der Waals surface area contributed by atoms with Crippen molar-refractivity contribution in [2.45, 2.75) is 26.1 Å². The molecule has 0 aliphatic carbocycles. The van der Waals surface area contributed by atoms with Crippen LogP contribution in [-0.4, -0.2) is 31.4 Å². The Kier molecular flexibility index (Phi) is 5.47. The smallest absolute Gasteiger partial charge is 0.334 e. The number of hydrogen-bond donors (Lipinski definition) is 1. The van der Waals surface area contributed by atoms with Gasteiger partial charge in [-0.05, 0) is 44.2 Å². The fourth-order valence-corrected chi connectivity index (χ4v) is 2.77. The number of alkyl halides is 3. The molecular weight excluding hydrogens is 411 g/mol. The number of aromatic nitrogens is 4. The number of pyridine rings is 1. The second-order valence-corrected chi connectivity index (χ2v) is 6.76.